The predicted molar refractivity (Wildman–Crippen MR) is 312 cm³/mol. The van der Waals surface area contributed by atoms with Crippen LogP contribution in [0, 0.1) is 20.8 Å². The summed E-state index contributed by atoms with van der Waals surface area (Å²) in [5, 5.41) is 1.34. The van der Waals surface area contributed by atoms with Crippen LogP contribution in [0.5, 0.6) is 0 Å². The Balaban J connectivity index is 1.33. The van der Waals surface area contributed by atoms with Crippen molar-refractivity contribution < 1.29 is 0 Å². The molecule has 0 atom stereocenters. The van der Waals surface area contributed by atoms with Crippen molar-refractivity contribution in [1.82, 2.24) is 0 Å². The zero-order valence-corrected chi connectivity index (χ0v) is 46.2. The van der Waals surface area contributed by atoms with Crippen LogP contribution in [0.4, 0.5) is 34.1 Å². The smallest absolute Gasteiger partial charge is 0.264 e. The predicted octanol–water partition coefficient (Wildman–Crippen LogP) is 17.5. The summed E-state index contributed by atoms with van der Waals surface area (Å²) < 4.78 is 2.76. The maximum absolute atomic E-state index is 2.73. The van der Waals surface area contributed by atoms with Gasteiger partial charge >= 0.3 is 0 Å². The summed E-state index contributed by atoms with van der Waals surface area (Å²) >= 11 is 2.01. The lowest BCUT2D eigenvalue weighted by molar-refractivity contribution is 0.332. The minimum Gasteiger partial charge on any atom is -0.311 e. The number of anilines is 6. The molecule has 0 fully saturated rings. The van der Waals surface area contributed by atoms with Gasteiger partial charge < -0.3 is 9.80 Å². The minimum absolute atomic E-state index is 0.00609. The summed E-state index contributed by atoms with van der Waals surface area (Å²) in [5.74, 6) is 0. The maximum Gasteiger partial charge on any atom is 0.264 e. The highest BCUT2D eigenvalue weighted by molar-refractivity contribution is 7.33. The summed E-state index contributed by atoms with van der Waals surface area (Å²) in [6.45, 7) is 37.9. The molecule has 1 aliphatic carbocycles. The molecule has 3 aliphatic rings. The van der Waals surface area contributed by atoms with Crippen LogP contribution in [0.1, 0.15) is 147 Å². The van der Waals surface area contributed by atoms with Crippen molar-refractivity contribution in [2.24, 2.45) is 0 Å². The first-order chi connectivity index (χ1) is 33.3. The van der Waals surface area contributed by atoms with Gasteiger partial charge in [0.1, 0.15) is 0 Å². The summed E-state index contributed by atoms with van der Waals surface area (Å²) in [6.07, 6.45) is 2.35. The van der Waals surface area contributed by atoms with E-state index in [-0.39, 0.29) is 33.8 Å². The number of nitrogens with zero attached hydrogens (tertiary/aromatic N) is 2. The molecule has 0 radical (unpaired) electrons. The molecule has 0 bridgehead atoms. The third-order valence-corrected chi connectivity index (χ3v) is 17.9. The Morgan fingerprint density at radius 1 is 0.507 bits per heavy atom. The van der Waals surface area contributed by atoms with Crippen molar-refractivity contribution >= 4 is 78.0 Å². The van der Waals surface area contributed by atoms with Gasteiger partial charge in [-0.1, -0.05) is 168 Å². The van der Waals surface area contributed by atoms with Gasteiger partial charge in [-0.05, 0) is 182 Å². The monoisotopic (exact) mass is 949 g/mol. The molecule has 7 aromatic carbocycles. The molecular weight excluding hydrogens is 876 g/mol. The molecule has 8 aromatic rings. The Morgan fingerprint density at radius 2 is 1.07 bits per heavy atom. The standard InChI is InChI=1S/C67H73BN2S/c1-40-32-41(2)59(42(3)33-40)44-34-56-60-57(35-44)70(54-27-22-45(63(4,5)6)36-49(54)43-20-18-17-19-21-43)55-28-23-47(65(10,11)12)38-53(55)68(60)62-61(50-37-46(64(7,8)9)24-29-58(50)71-62)69(56)48-25-26-51-52(39-48)67(15,16)31-30-66(51,13)14/h17-29,32-39H,30-31H2,1-16H3. The van der Waals surface area contributed by atoms with Gasteiger partial charge in [-0.15, -0.1) is 11.3 Å². The van der Waals surface area contributed by atoms with Gasteiger partial charge in [-0.25, -0.2) is 0 Å². The number of fused-ring (bicyclic) bond motifs is 7. The van der Waals surface area contributed by atoms with Crippen molar-refractivity contribution in [3.8, 4) is 22.3 Å². The SMILES string of the molecule is Cc1cc(C)c(-c2cc3c4c(c2)N(c2ccc5c(c2)C(C)(C)CCC5(C)C)c2c(sc5ccc(C(C)(C)C)cc25)B4c2cc(C(C)(C)C)ccc2N3c2ccc(C(C)(C)C)cc2-c2ccccc2)c(C)c1. The molecule has 3 heterocycles. The van der Waals surface area contributed by atoms with Gasteiger partial charge in [0.05, 0.1) is 11.4 Å². The fourth-order valence-corrected chi connectivity index (χ4v) is 13.8. The number of aryl methyl sites for hydroxylation is 3. The molecule has 1 aromatic heterocycles. The molecule has 0 N–H and O–H groups in total. The number of benzene rings is 7. The van der Waals surface area contributed by atoms with Crippen LogP contribution in [-0.2, 0) is 27.1 Å². The second-order valence-electron chi connectivity index (χ2n) is 26.0. The molecule has 2 nitrogen and oxygen atoms in total. The third kappa shape index (κ3) is 7.72. The van der Waals surface area contributed by atoms with Gasteiger partial charge in [0.15, 0.2) is 0 Å². The first-order valence-corrected chi connectivity index (χ1v) is 27.1. The number of thiophene rings is 1. The summed E-state index contributed by atoms with van der Waals surface area (Å²) in [7, 11) is 0. The van der Waals surface area contributed by atoms with Crippen LogP contribution in [0.2, 0.25) is 0 Å². The van der Waals surface area contributed by atoms with E-state index in [1.165, 1.54) is 133 Å². The van der Waals surface area contributed by atoms with Crippen LogP contribution in [0.25, 0.3) is 32.3 Å². The van der Waals surface area contributed by atoms with E-state index in [0.29, 0.717) is 0 Å². The fraction of sp³-hybridized carbons (Fsp3) is 0.343. The summed E-state index contributed by atoms with van der Waals surface area (Å²) in [4.78, 5) is 5.40. The van der Waals surface area contributed by atoms with Crippen molar-refractivity contribution in [3.05, 3.63) is 172 Å². The van der Waals surface area contributed by atoms with E-state index >= 15 is 0 Å². The highest BCUT2D eigenvalue weighted by atomic mass is 32.1. The Morgan fingerprint density at radius 3 is 1.70 bits per heavy atom. The Bertz CT molecular complexity index is 3450. The highest BCUT2D eigenvalue weighted by Crippen LogP contribution is 2.54. The maximum atomic E-state index is 2.73. The Kier molecular flexibility index (Phi) is 10.8. The zero-order chi connectivity index (χ0) is 50.5. The van der Waals surface area contributed by atoms with Gasteiger partial charge in [0.2, 0.25) is 0 Å². The van der Waals surface area contributed by atoms with Crippen molar-refractivity contribution in [3.63, 3.8) is 0 Å². The number of hydrogen-bond donors (Lipinski definition) is 0. The van der Waals surface area contributed by atoms with E-state index < -0.39 is 0 Å². The van der Waals surface area contributed by atoms with Crippen LogP contribution >= 0.6 is 11.3 Å². The van der Waals surface area contributed by atoms with Gasteiger partial charge in [0, 0.05) is 43.2 Å². The lowest BCUT2D eigenvalue weighted by Crippen LogP contribution is -2.60. The summed E-state index contributed by atoms with van der Waals surface area (Å²) in [6, 6.07) is 50.7. The van der Waals surface area contributed by atoms with E-state index in [2.05, 4.69) is 248 Å². The molecular formula is C67H73BN2S. The van der Waals surface area contributed by atoms with E-state index in [1.807, 2.05) is 11.3 Å². The quantitative estimate of drug-likeness (QED) is 0.162. The second-order valence-corrected chi connectivity index (χ2v) is 27.0. The zero-order valence-electron chi connectivity index (χ0n) is 45.4. The molecule has 360 valence electrons. The van der Waals surface area contributed by atoms with Gasteiger partial charge in [0.25, 0.3) is 6.71 Å². The van der Waals surface area contributed by atoms with Gasteiger partial charge in [-0.3, -0.25) is 0 Å². The average Bonchev–Trinajstić information content (AvgIpc) is 3.67. The average molecular weight is 949 g/mol. The van der Waals surface area contributed by atoms with E-state index in [4.69, 9.17) is 0 Å². The second kappa shape index (κ2) is 16.1. The topological polar surface area (TPSA) is 6.48 Å². The fourth-order valence-electron chi connectivity index (χ4n) is 12.5. The van der Waals surface area contributed by atoms with Crippen molar-refractivity contribution in [1.29, 1.82) is 0 Å². The molecule has 0 unspecified atom stereocenters. The molecule has 0 amide bonds. The molecule has 71 heavy (non-hydrogen) atoms. The first-order valence-electron chi connectivity index (χ1n) is 26.2. The normalized spacial score (nSPS) is 15.9. The summed E-state index contributed by atoms with van der Waals surface area (Å²) in [5.41, 5.74) is 26.3. The molecule has 2 aliphatic heterocycles. The van der Waals surface area contributed by atoms with E-state index in [1.54, 1.807) is 0 Å². The molecule has 11 rings (SSSR count). The van der Waals surface area contributed by atoms with Crippen LogP contribution in [0.15, 0.2) is 127 Å². The highest BCUT2D eigenvalue weighted by Gasteiger charge is 2.47. The van der Waals surface area contributed by atoms with E-state index in [0.717, 1.165) is 6.42 Å². The Labute approximate surface area is 430 Å². The number of hydrogen-bond acceptors (Lipinski definition) is 3. The van der Waals surface area contributed by atoms with Crippen molar-refractivity contribution in [2.75, 3.05) is 9.80 Å². The lowest BCUT2D eigenvalue weighted by atomic mass is 9.36. The van der Waals surface area contributed by atoms with E-state index in [9.17, 15) is 0 Å². The molecule has 4 heteroatoms. The largest absolute Gasteiger partial charge is 0.311 e. The van der Waals surface area contributed by atoms with Crippen LogP contribution in [-0.4, -0.2) is 6.71 Å². The third-order valence-electron chi connectivity index (χ3n) is 16.6. The molecule has 0 saturated carbocycles. The molecule has 0 saturated heterocycles. The lowest BCUT2D eigenvalue weighted by Gasteiger charge is -2.45. The van der Waals surface area contributed by atoms with Gasteiger partial charge in [-0.2, -0.15) is 0 Å². The number of rotatable bonds is 4. The van der Waals surface area contributed by atoms with Crippen LogP contribution < -0.4 is 25.5 Å². The Hall–Kier alpha value is -5.84. The molecule has 0 spiro atoms. The minimum atomic E-state index is -0.0497. The van der Waals surface area contributed by atoms with Crippen LogP contribution in [0.3, 0.4) is 0 Å². The first kappa shape index (κ1) is 47.5. The van der Waals surface area contributed by atoms with Crippen molar-refractivity contribution in [2.45, 2.75) is 151 Å².